The van der Waals surface area contributed by atoms with E-state index in [-0.39, 0.29) is 5.41 Å². The van der Waals surface area contributed by atoms with Gasteiger partial charge in [0.15, 0.2) is 0 Å². The smallest absolute Gasteiger partial charge is 0.292 e. The van der Waals surface area contributed by atoms with E-state index in [9.17, 15) is 4.79 Å². The largest absolute Gasteiger partial charge is 0.373 e. The summed E-state index contributed by atoms with van der Waals surface area (Å²) in [5, 5.41) is 0. The quantitative estimate of drug-likeness (QED) is 0.561. The van der Waals surface area contributed by atoms with Gasteiger partial charge >= 0.3 is 5.97 Å². The van der Waals surface area contributed by atoms with Crippen LogP contribution in [-0.4, -0.2) is 5.97 Å². The molecule has 1 aliphatic rings. The third-order valence-corrected chi connectivity index (χ3v) is 4.20. The third kappa shape index (κ3) is 4.57. The first kappa shape index (κ1) is 17.0. The number of benzene rings is 1. The molecule has 3 nitrogen and oxygen atoms in total. The molecule has 0 bridgehead atoms. The third-order valence-electron chi connectivity index (χ3n) is 4.20. The molecule has 0 aromatic heterocycles. The number of carbonyl (C=O) groups excluding carboxylic acids is 1. The van der Waals surface area contributed by atoms with Gasteiger partial charge in [-0.1, -0.05) is 46.8 Å². The van der Waals surface area contributed by atoms with Crippen LogP contribution >= 0.6 is 0 Å². The molecule has 0 amide bonds. The number of rotatable bonds is 4. The molecule has 3 heteroatoms. The molecule has 0 aliphatic heterocycles. The van der Waals surface area contributed by atoms with Crippen molar-refractivity contribution < 1.29 is 14.6 Å². The maximum Gasteiger partial charge on any atom is 0.373 e. The lowest BCUT2D eigenvalue weighted by atomic mass is 9.71. The minimum absolute atomic E-state index is 0.207. The molecule has 0 saturated heterocycles. The lowest BCUT2D eigenvalue weighted by Gasteiger charge is -2.36. The lowest BCUT2D eigenvalue weighted by molar-refractivity contribution is -0.245. The molecule has 0 spiro atoms. The van der Waals surface area contributed by atoms with Crippen LogP contribution < -0.4 is 0 Å². The molecular weight excluding hydrogens is 276 g/mol. The van der Waals surface area contributed by atoms with Crippen LogP contribution in [0.5, 0.6) is 0 Å². The minimum atomic E-state index is -0.432. The second kappa shape index (κ2) is 6.82. The standard InChI is InChI=1S/C19H27O3/c1-13(2)15-6-8-16(9-7-15)18(20)22-21-17-10-14(3)11-19(4,5)12-17/h6-9,13-14H,10-12H2,1-5H3. The van der Waals surface area contributed by atoms with Crippen molar-refractivity contribution in [2.45, 2.75) is 59.8 Å². The highest BCUT2D eigenvalue weighted by molar-refractivity contribution is 5.88. The Balaban J connectivity index is 1.89. The fourth-order valence-corrected chi connectivity index (χ4v) is 3.29. The molecule has 1 atom stereocenters. The van der Waals surface area contributed by atoms with Gasteiger partial charge < -0.3 is 0 Å². The predicted octanol–water partition coefficient (Wildman–Crippen LogP) is 5.28. The van der Waals surface area contributed by atoms with Crippen molar-refractivity contribution in [2.75, 3.05) is 0 Å². The van der Waals surface area contributed by atoms with E-state index in [0.29, 0.717) is 17.4 Å². The highest BCUT2D eigenvalue weighted by Gasteiger charge is 2.34. The topological polar surface area (TPSA) is 35.5 Å². The predicted molar refractivity (Wildman–Crippen MR) is 87.1 cm³/mol. The van der Waals surface area contributed by atoms with Crippen LogP contribution in [0.4, 0.5) is 0 Å². The van der Waals surface area contributed by atoms with E-state index in [2.05, 4.69) is 34.6 Å². The summed E-state index contributed by atoms with van der Waals surface area (Å²) in [6.45, 7) is 10.9. The maximum absolute atomic E-state index is 12.1. The van der Waals surface area contributed by atoms with Gasteiger partial charge in [0.25, 0.3) is 0 Å². The molecule has 2 rings (SSSR count). The zero-order valence-corrected chi connectivity index (χ0v) is 14.3. The van der Waals surface area contributed by atoms with E-state index in [0.717, 1.165) is 18.9 Å². The SMILES string of the molecule is CC1C[C](OOC(=O)c2ccc(C(C)C)cc2)CC(C)(C)C1. The first-order valence-corrected chi connectivity index (χ1v) is 8.10. The number of carbonyl (C=O) groups is 1. The average molecular weight is 303 g/mol. The molecule has 1 radical (unpaired) electrons. The van der Waals surface area contributed by atoms with Crippen molar-refractivity contribution in [3.63, 3.8) is 0 Å². The molecule has 121 valence electrons. The second-order valence-corrected chi connectivity index (χ2v) is 7.62. The maximum atomic E-state index is 12.1. The van der Waals surface area contributed by atoms with E-state index in [1.807, 2.05) is 12.1 Å². The highest BCUT2D eigenvalue weighted by Crippen LogP contribution is 2.43. The lowest BCUT2D eigenvalue weighted by Crippen LogP contribution is -2.28. The summed E-state index contributed by atoms with van der Waals surface area (Å²) in [5.74, 6) is 0.574. The molecule has 1 aromatic carbocycles. The van der Waals surface area contributed by atoms with Gasteiger partial charge in [0.05, 0.1) is 5.56 Å². The Morgan fingerprint density at radius 2 is 1.86 bits per heavy atom. The molecule has 22 heavy (non-hydrogen) atoms. The van der Waals surface area contributed by atoms with Crippen LogP contribution in [0, 0.1) is 17.4 Å². The molecule has 1 saturated carbocycles. The summed E-state index contributed by atoms with van der Waals surface area (Å²) in [5.41, 5.74) is 1.93. The van der Waals surface area contributed by atoms with Crippen LogP contribution in [0.25, 0.3) is 0 Å². The molecule has 1 aliphatic carbocycles. The Kier molecular flexibility index (Phi) is 5.28. The summed E-state index contributed by atoms with van der Waals surface area (Å²) in [7, 11) is 0. The summed E-state index contributed by atoms with van der Waals surface area (Å²) < 4.78 is 0. The number of hydrogen-bond donors (Lipinski definition) is 0. The van der Waals surface area contributed by atoms with Gasteiger partial charge in [0.1, 0.15) is 6.10 Å². The Morgan fingerprint density at radius 1 is 1.23 bits per heavy atom. The van der Waals surface area contributed by atoms with E-state index < -0.39 is 5.97 Å². The molecule has 1 unspecified atom stereocenters. The first-order chi connectivity index (χ1) is 10.3. The van der Waals surface area contributed by atoms with Crippen molar-refractivity contribution in [2.24, 2.45) is 11.3 Å². The van der Waals surface area contributed by atoms with Crippen molar-refractivity contribution >= 4 is 5.97 Å². The highest BCUT2D eigenvalue weighted by atomic mass is 17.2. The van der Waals surface area contributed by atoms with Crippen molar-refractivity contribution in [1.29, 1.82) is 0 Å². The van der Waals surface area contributed by atoms with Gasteiger partial charge in [0.2, 0.25) is 0 Å². The fraction of sp³-hybridized carbons (Fsp3) is 0.579. The zero-order chi connectivity index (χ0) is 16.3. The van der Waals surface area contributed by atoms with E-state index in [4.69, 9.17) is 9.78 Å². The van der Waals surface area contributed by atoms with Crippen molar-refractivity contribution in [3.05, 3.63) is 41.5 Å². The van der Waals surface area contributed by atoms with Gasteiger partial charge in [-0.25, -0.2) is 4.79 Å². The average Bonchev–Trinajstić information content (AvgIpc) is 2.42. The molecule has 0 heterocycles. The zero-order valence-electron chi connectivity index (χ0n) is 14.3. The van der Waals surface area contributed by atoms with Gasteiger partial charge in [-0.05, 0) is 54.2 Å². The normalized spacial score (nSPS) is 21.8. The van der Waals surface area contributed by atoms with E-state index >= 15 is 0 Å². The minimum Gasteiger partial charge on any atom is -0.292 e. The first-order valence-electron chi connectivity index (χ1n) is 8.10. The Morgan fingerprint density at radius 3 is 2.41 bits per heavy atom. The summed E-state index contributed by atoms with van der Waals surface area (Å²) in [4.78, 5) is 22.4. The summed E-state index contributed by atoms with van der Waals surface area (Å²) in [6, 6.07) is 7.50. The fourth-order valence-electron chi connectivity index (χ4n) is 3.29. The van der Waals surface area contributed by atoms with E-state index in [1.165, 1.54) is 12.0 Å². The molecule has 1 fully saturated rings. The van der Waals surface area contributed by atoms with Crippen molar-refractivity contribution in [3.8, 4) is 0 Å². The van der Waals surface area contributed by atoms with Gasteiger partial charge in [-0.15, -0.1) is 0 Å². The molecule has 1 aromatic rings. The van der Waals surface area contributed by atoms with E-state index in [1.54, 1.807) is 12.1 Å². The molecular formula is C19H27O3. The monoisotopic (exact) mass is 303 g/mol. The number of hydrogen-bond acceptors (Lipinski definition) is 3. The Bertz CT molecular complexity index is 502. The summed E-state index contributed by atoms with van der Waals surface area (Å²) >= 11 is 0. The van der Waals surface area contributed by atoms with Gasteiger partial charge in [-0.2, -0.15) is 4.89 Å². The van der Waals surface area contributed by atoms with Gasteiger partial charge in [-0.3, -0.25) is 4.89 Å². The van der Waals surface area contributed by atoms with Crippen LogP contribution in [0.15, 0.2) is 24.3 Å². The Hall–Kier alpha value is -1.35. The second-order valence-electron chi connectivity index (χ2n) is 7.62. The van der Waals surface area contributed by atoms with Crippen LogP contribution in [-0.2, 0) is 9.78 Å². The molecule has 0 N–H and O–H groups in total. The Labute approximate surface area is 133 Å². The van der Waals surface area contributed by atoms with Crippen LogP contribution in [0.1, 0.15) is 75.7 Å². The van der Waals surface area contributed by atoms with Crippen LogP contribution in [0.3, 0.4) is 0 Å². The summed E-state index contributed by atoms with van der Waals surface area (Å²) in [6.07, 6.45) is 3.75. The van der Waals surface area contributed by atoms with Crippen molar-refractivity contribution in [1.82, 2.24) is 0 Å². The van der Waals surface area contributed by atoms with Crippen LogP contribution in [0.2, 0.25) is 0 Å². The van der Waals surface area contributed by atoms with Gasteiger partial charge in [0, 0.05) is 0 Å².